The lowest BCUT2D eigenvalue weighted by Crippen LogP contribution is -1.80. The molecule has 1 aromatic rings. The zero-order chi connectivity index (χ0) is 5.28. The fraction of sp³-hybridized carbons (Fsp3) is 0.250. The van der Waals surface area contributed by atoms with E-state index in [4.69, 9.17) is 0 Å². The second-order valence-electron chi connectivity index (χ2n) is 1.42. The highest BCUT2D eigenvalue weighted by Crippen LogP contribution is 1.89. The highest BCUT2D eigenvalue weighted by molar-refractivity contribution is 4.99. The fourth-order valence-electron chi connectivity index (χ4n) is 0.389. The summed E-state index contributed by atoms with van der Waals surface area (Å²) in [6.45, 7) is 1.82. The van der Waals surface area contributed by atoms with Crippen molar-refractivity contribution in [3.63, 3.8) is 0 Å². The van der Waals surface area contributed by atoms with Crippen LogP contribution in [0.2, 0.25) is 0 Å². The summed E-state index contributed by atoms with van der Waals surface area (Å²) in [5.74, 6) is 0. The minimum atomic E-state index is 0.537. The number of hydrogen-bond acceptors (Lipinski definition) is 2. The maximum Gasteiger partial charge on any atom is 0.0515 e. The van der Waals surface area contributed by atoms with Crippen molar-refractivity contribution < 1.29 is 0 Å². The average Bonchev–Trinajstić information content (AvgIpc) is 1.87. The van der Waals surface area contributed by atoms with Crippen molar-refractivity contribution in [2.75, 3.05) is 0 Å². The molecule has 1 heterocycles. The third-order valence-corrected chi connectivity index (χ3v) is 0.689. The van der Waals surface area contributed by atoms with Gasteiger partial charge in [-0.1, -0.05) is 0 Å². The van der Waals surface area contributed by atoms with E-state index in [0.29, 0.717) is 4.85 Å². The second kappa shape index (κ2) is 1.26. The Labute approximate surface area is 41.2 Å². The van der Waals surface area contributed by atoms with Crippen LogP contribution >= 0.6 is 0 Å². The van der Waals surface area contributed by atoms with E-state index in [1.165, 1.54) is 12.4 Å². The summed E-state index contributed by atoms with van der Waals surface area (Å²) in [6.07, 6.45) is 2.94. The van der Waals surface area contributed by atoms with Crippen molar-refractivity contribution in [2.45, 2.75) is 6.92 Å². The quantitative estimate of drug-likeness (QED) is 0.474. The third kappa shape index (κ3) is 0.707. The van der Waals surface area contributed by atoms with Gasteiger partial charge < -0.3 is 10.1 Å². The Morgan fingerprint density at radius 3 is 2.71 bits per heavy atom. The molecule has 0 aliphatic rings. The molecule has 0 amide bonds. The zero-order valence-corrected chi connectivity index (χ0v) is 3.96. The Balaban J connectivity index is 3.04. The first-order valence-corrected chi connectivity index (χ1v) is 1.98. The topological polar surface area (TPSA) is 40.9 Å². The van der Waals surface area contributed by atoms with Crippen LogP contribution in [-0.4, -0.2) is 9.94 Å². The van der Waals surface area contributed by atoms with Gasteiger partial charge in [-0.3, -0.25) is 0 Å². The van der Waals surface area contributed by atoms with Gasteiger partial charge >= 0.3 is 0 Å². The number of aromatic nitrogens is 2. The molecule has 3 heteroatoms. The van der Waals surface area contributed by atoms with Crippen LogP contribution in [0.1, 0.15) is 5.56 Å². The van der Waals surface area contributed by atoms with Gasteiger partial charge in [-0.25, -0.2) is 0 Å². The van der Waals surface area contributed by atoms with E-state index in [1.54, 1.807) is 0 Å². The predicted octanol–water partition coefficient (Wildman–Crippen LogP) is 0.537. The van der Waals surface area contributed by atoms with E-state index in [-0.39, 0.29) is 0 Å². The van der Waals surface area contributed by atoms with Gasteiger partial charge in [-0.15, -0.1) is 0 Å². The highest BCUT2D eigenvalue weighted by Gasteiger charge is 1.78. The lowest BCUT2D eigenvalue weighted by atomic mass is 10.4. The summed E-state index contributed by atoms with van der Waals surface area (Å²) >= 11 is 0. The van der Waals surface area contributed by atoms with Crippen molar-refractivity contribution in [3.8, 4) is 0 Å². The molecule has 0 fully saturated rings. The van der Waals surface area contributed by atoms with Gasteiger partial charge in [-0.05, 0) is 12.5 Å². The molecule has 0 aliphatic heterocycles. The summed E-state index contributed by atoms with van der Waals surface area (Å²) in [4.78, 5) is 0.537. The summed E-state index contributed by atoms with van der Waals surface area (Å²) in [6, 6.07) is 0. The van der Waals surface area contributed by atoms with Crippen molar-refractivity contribution in [2.24, 2.45) is 0 Å². The molecule has 0 N–H and O–H groups in total. The standard InChI is InChI=1S/C4H5N2O/c1-4-2-5-6(7)3-4/h2-3H,1H3/q-1. The Morgan fingerprint density at radius 1 is 1.86 bits per heavy atom. The van der Waals surface area contributed by atoms with Crippen LogP contribution in [0.15, 0.2) is 12.4 Å². The molecule has 0 saturated heterocycles. The zero-order valence-electron chi connectivity index (χ0n) is 3.96. The van der Waals surface area contributed by atoms with Gasteiger partial charge in [0.05, 0.1) is 6.20 Å². The molecule has 3 nitrogen and oxygen atoms in total. The normalized spacial score (nSPS) is 9.29. The highest BCUT2D eigenvalue weighted by atomic mass is 16.5. The van der Waals surface area contributed by atoms with E-state index in [0.717, 1.165) is 5.56 Å². The summed E-state index contributed by atoms with van der Waals surface area (Å²) in [5.41, 5.74) is 0.898. The predicted molar refractivity (Wildman–Crippen MR) is 25.7 cm³/mol. The first-order valence-electron chi connectivity index (χ1n) is 1.98. The summed E-state index contributed by atoms with van der Waals surface area (Å²) in [7, 11) is 0. The maximum atomic E-state index is 10.1. The van der Waals surface area contributed by atoms with Crippen LogP contribution in [0.4, 0.5) is 0 Å². The molecular formula is C4H5N2O-. The van der Waals surface area contributed by atoms with Gasteiger partial charge in [0.25, 0.3) is 0 Å². The molecule has 0 unspecified atom stereocenters. The molecule has 0 bridgehead atoms. The first kappa shape index (κ1) is 4.18. The summed E-state index contributed by atoms with van der Waals surface area (Å²) in [5, 5.41) is 13.5. The van der Waals surface area contributed by atoms with Crippen molar-refractivity contribution in [1.29, 1.82) is 0 Å². The van der Waals surface area contributed by atoms with Crippen LogP contribution < -0.4 is 0 Å². The lowest BCUT2D eigenvalue weighted by Gasteiger charge is -1.97. The molecule has 38 valence electrons. The van der Waals surface area contributed by atoms with E-state index >= 15 is 0 Å². The van der Waals surface area contributed by atoms with E-state index < -0.39 is 0 Å². The molecular weight excluding hydrogens is 92.1 g/mol. The van der Waals surface area contributed by atoms with Crippen molar-refractivity contribution in [1.82, 2.24) is 9.94 Å². The molecule has 7 heavy (non-hydrogen) atoms. The van der Waals surface area contributed by atoms with Crippen LogP contribution in [-0.2, 0) is 0 Å². The largest absolute Gasteiger partial charge is 0.790 e. The van der Waals surface area contributed by atoms with Gasteiger partial charge in [0.15, 0.2) is 0 Å². The minimum Gasteiger partial charge on any atom is -0.790 e. The molecule has 0 aromatic carbocycles. The molecule has 0 saturated carbocycles. The Kier molecular flexibility index (Phi) is 0.749. The fourth-order valence-corrected chi connectivity index (χ4v) is 0.389. The van der Waals surface area contributed by atoms with Gasteiger partial charge in [0.2, 0.25) is 0 Å². The maximum absolute atomic E-state index is 10.1. The monoisotopic (exact) mass is 97.0 g/mol. The SMILES string of the molecule is Cc1cnn([O-])c1. The third-order valence-electron chi connectivity index (χ3n) is 0.689. The summed E-state index contributed by atoms with van der Waals surface area (Å²) < 4.78 is 0. The number of hydrogen-bond donors (Lipinski definition) is 0. The van der Waals surface area contributed by atoms with E-state index in [9.17, 15) is 5.21 Å². The molecule has 0 radical (unpaired) electrons. The van der Waals surface area contributed by atoms with Crippen LogP contribution in [0, 0.1) is 12.1 Å². The second-order valence-corrected chi connectivity index (χ2v) is 1.42. The van der Waals surface area contributed by atoms with Crippen molar-refractivity contribution >= 4 is 0 Å². The number of rotatable bonds is 0. The van der Waals surface area contributed by atoms with Crippen LogP contribution in [0.25, 0.3) is 0 Å². The first-order chi connectivity index (χ1) is 3.29. The molecule has 0 atom stereocenters. The smallest absolute Gasteiger partial charge is 0.0515 e. The number of nitrogens with zero attached hydrogens (tertiary/aromatic N) is 2. The molecule has 0 spiro atoms. The molecule has 1 rings (SSSR count). The van der Waals surface area contributed by atoms with E-state index in [1.807, 2.05) is 6.92 Å². The number of aryl methyl sites for hydroxylation is 1. The Morgan fingerprint density at radius 2 is 2.57 bits per heavy atom. The van der Waals surface area contributed by atoms with Gasteiger partial charge in [0.1, 0.15) is 0 Å². The van der Waals surface area contributed by atoms with Crippen LogP contribution in [0.3, 0.4) is 0 Å². The molecule has 0 aliphatic carbocycles. The Hall–Kier alpha value is -0.990. The Bertz CT molecular complexity index is 142. The van der Waals surface area contributed by atoms with Gasteiger partial charge in [0, 0.05) is 6.20 Å². The van der Waals surface area contributed by atoms with Crippen LogP contribution in [0.5, 0.6) is 0 Å². The van der Waals surface area contributed by atoms with Crippen molar-refractivity contribution in [3.05, 3.63) is 23.2 Å². The van der Waals surface area contributed by atoms with Gasteiger partial charge in [-0.2, -0.15) is 5.10 Å². The molecule has 1 aromatic heterocycles. The average molecular weight is 97.1 g/mol. The minimum absolute atomic E-state index is 0.537. The van der Waals surface area contributed by atoms with E-state index in [2.05, 4.69) is 5.10 Å². The lowest BCUT2D eigenvalue weighted by molar-refractivity contribution is 0.888.